The molecule has 1 aliphatic carbocycles. The third-order valence-corrected chi connectivity index (χ3v) is 7.22. The van der Waals surface area contributed by atoms with E-state index in [-0.39, 0.29) is 11.5 Å². The predicted octanol–water partition coefficient (Wildman–Crippen LogP) is 3.77. The van der Waals surface area contributed by atoms with Gasteiger partial charge in [-0.05, 0) is 69.6 Å². The van der Waals surface area contributed by atoms with Gasteiger partial charge in [-0.25, -0.2) is 0 Å². The molecule has 3 aliphatic rings. The minimum atomic E-state index is -0.233. The van der Waals surface area contributed by atoms with Gasteiger partial charge < -0.3 is 14.9 Å². The van der Waals surface area contributed by atoms with Crippen LogP contribution in [0.15, 0.2) is 18.2 Å². The molecular weight excluding hydrogens is 348 g/mol. The Bertz CT molecular complexity index is 687. The molecule has 1 saturated carbocycles. The number of likely N-dealkylation sites (tertiary alicyclic amines) is 1. The van der Waals surface area contributed by atoms with Crippen LogP contribution in [0.4, 0.5) is 5.69 Å². The van der Waals surface area contributed by atoms with Crippen molar-refractivity contribution < 1.29 is 9.90 Å². The van der Waals surface area contributed by atoms with Crippen LogP contribution in [0.2, 0.25) is 5.02 Å². The summed E-state index contributed by atoms with van der Waals surface area (Å²) in [5, 5.41) is 10.6. The van der Waals surface area contributed by atoms with Gasteiger partial charge in [0.2, 0.25) is 5.91 Å². The molecule has 0 radical (unpaired) electrons. The number of carbonyl (C=O) groups excluding carboxylic acids is 1. The van der Waals surface area contributed by atoms with E-state index >= 15 is 0 Å². The van der Waals surface area contributed by atoms with Crippen molar-refractivity contribution in [2.75, 3.05) is 24.5 Å². The number of carbonyl (C=O) groups is 1. The van der Waals surface area contributed by atoms with E-state index in [1.165, 1.54) is 5.69 Å². The van der Waals surface area contributed by atoms with E-state index in [9.17, 15) is 9.90 Å². The number of hydrogen-bond acceptors (Lipinski definition) is 3. The average molecular weight is 377 g/mol. The van der Waals surface area contributed by atoms with Crippen molar-refractivity contribution in [2.45, 2.75) is 64.0 Å². The van der Waals surface area contributed by atoms with E-state index in [0.717, 1.165) is 75.2 Å². The second-order valence-corrected chi connectivity index (χ2v) is 8.81. The molecule has 1 spiro atoms. The maximum Gasteiger partial charge on any atom is 0.230 e. The molecule has 1 atom stereocenters. The highest BCUT2D eigenvalue weighted by molar-refractivity contribution is 6.31. The fraction of sp³-hybridized carbons (Fsp3) is 0.667. The molecule has 2 aliphatic heterocycles. The Hall–Kier alpha value is -1.26. The molecule has 5 heteroatoms. The number of piperidine rings is 1. The number of rotatable bonds is 2. The van der Waals surface area contributed by atoms with E-state index in [1.54, 1.807) is 0 Å². The summed E-state index contributed by atoms with van der Waals surface area (Å²) < 4.78 is 0. The number of hydrogen-bond donors (Lipinski definition) is 1. The van der Waals surface area contributed by atoms with Crippen molar-refractivity contribution >= 4 is 23.2 Å². The van der Waals surface area contributed by atoms with Gasteiger partial charge in [0.05, 0.1) is 11.5 Å². The van der Waals surface area contributed by atoms with Gasteiger partial charge in [0.1, 0.15) is 0 Å². The predicted molar refractivity (Wildman–Crippen MR) is 105 cm³/mol. The third-order valence-electron chi connectivity index (χ3n) is 6.81. The second kappa shape index (κ2) is 7.05. The Kier molecular flexibility index (Phi) is 4.91. The molecular formula is C21H29ClN2O2. The first-order chi connectivity index (χ1) is 12.5. The Morgan fingerprint density at radius 2 is 1.92 bits per heavy atom. The first kappa shape index (κ1) is 18.1. The van der Waals surface area contributed by atoms with Crippen molar-refractivity contribution in [2.24, 2.45) is 5.41 Å². The quantitative estimate of drug-likeness (QED) is 0.854. The number of benzene rings is 1. The van der Waals surface area contributed by atoms with Gasteiger partial charge in [0.25, 0.3) is 0 Å². The van der Waals surface area contributed by atoms with Crippen molar-refractivity contribution in [1.82, 2.24) is 4.90 Å². The maximum absolute atomic E-state index is 13.4. The van der Waals surface area contributed by atoms with E-state index < -0.39 is 0 Å². The van der Waals surface area contributed by atoms with Crippen molar-refractivity contribution in [3.8, 4) is 0 Å². The molecule has 2 saturated heterocycles. The van der Waals surface area contributed by atoms with E-state index in [1.807, 2.05) is 12.1 Å². The van der Waals surface area contributed by atoms with Crippen LogP contribution in [0.5, 0.6) is 0 Å². The highest BCUT2D eigenvalue weighted by Gasteiger charge is 2.50. The fourth-order valence-corrected chi connectivity index (χ4v) is 5.39. The van der Waals surface area contributed by atoms with Gasteiger partial charge in [-0.15, -0.1) is 0 Å². The van der Waals surface area contributed by atoms with E-state index in [2.05, 4.69) is 22.8 Å². The minimum absolute atomic E-state index is 0.172. The molecule has 4 nitrogen and oxygen atoms in total. The van der Waals surface area contributed by atoms with Crippen molar-refractivity contribution in [3.63, 3.8) is 0 Å². The molecule has 2 heterocycles. The van der Waals surface area contributed by atoms with Crippen LogP contribution in [-0.2, 0) is 4.79 Å². The summed E-state index contributed by atoms with van der Waals surface area (Å²) in [5.74, 6) is 0.350. The molecule has 0 bridgehead atoms. The lowest BCUT2D eigenvalue weighted by Gasteiger charge is -2.42. The van der Waals surface area contributed by atoms with Crippen LogP contribution in [0, 0.1) is 12.3 Å². The number of nitrogens with zero attached hydrogens (tertiary/aromatic N) is 2. The summed E-state index contributed by atoms with van der Waals surface area (Å²) in [6, 6.07) is 6.38. The summed E-state index contributed by atoms with van der Waals surface area (Å²) in [6.45, 7) is 4.74. The maximum atomic E-state index is 13.4. The summed E-state index contributed by atoms with van der Waals surface area (Å²) in [6.07, 6.45) is 6.38. The molecule has 142 valence electrons. The molecule has 26 heavy (non-hydrogen) atoms. The molecule has 0 unspecified atom stereocenters. The molecule has 0 aromatic heterocycles. The normalized spacial score (nSPS) is 32.5. The number of anilines is 1. The lowest BCUT2D eigenvalue weighted by atomic mass is 9.78. The van der Waals surface area contributed by atoms with Gasteiger partial charge in [0.15, 0.2) is 0 Å². The zero-order valence-corrected chi connectivity index (χ0v) is 16.3. The minimum Gasteiger partial charge on any atom is -0.393 e. The van der Waals surface area contributed by atoms with Crippen LogP contribution in [0.1, 0.15) is 50.5 Å². The second-order valence-electron chi connectivity index (χ2n) is 8.40. The van der Waals surface area contributed by atoms with Crippen LogP contribution in [-0.4, -0.2) is 47.7 Å². The highest BCUT2D eigenvalue weighted by atomic mass is 35.5. The van der Waals surface area contributed by atoms with Gasteiger partial charge in [-0.3, -0.25) is 4.79 Å². The van der Waals surface area contributed by atoms with Gasteiger partial charge in [0, 0.05) is 36.4 Å². The monoisotopic (exact) mass is 376 g/mol. The molecule has 1 aromatic carbocycles. The Balaban J connectivity index is 1.52. The summed E-state index contributed by atoms with van der Waals surface area (Å²) in [4.78, 5) is 17.9. The lowest BCUT2D eigenvalue weighted by molar-refractivity contribution is -0.139. The zero-order valence-electron chi connectivity index (χ0n) is 15.6. The number of aliphatic hydroxyl groups is 1. The summed E-state index contributed by atoms with van der Waals surface area (Å²) >= 11 is 6.33. The van der Waals surface area contributed by atoms with Crippen molar-refractivity contribution in [3.05, 3.63) is 28.8 Å². The SMILES string of the molecule is Cc1c(Cl)cccc1N1CCC[C@@]2(CCN(C3CCC(O)CC3)C2=O)C1. The Morgan fingerprint density at radius 3 is 2.69 bits per heavy atom. The highest BCUT2D eigenvalue weighted by Crippen LogP contribution is 2.44. The van der Waals surface area contributed by atoms with Gasteiger partial charge in [-0.2, -0.15) is 0 Å². The number of halogens is 1. The van der Waals surface area contributed by atoms with Gasteiger partial charge in [-0.1, -0.05) is 17.7 Å². The number of aliphatic hydroxyl groups excluding tert-OH is 1. The van der Waals surface area contributed by atoms with Crippen LogP contribution in [0.25, 0.3) is 0 Å². The first-order valence-corrected chi connectivity index (χ1v) is 10.4. The van der Waals surface area contributed by atoms with E-state index in [0.29, 0.717) is 11.9 Å². The topological polar surface area (TPSA) is 43.8 Å². The molecule has 4 rings (SSSR count). The summed E-state index contributed by atoms with van der Waals surface area (Å²) in [7, 11) is 0. The standard InChI is InChI=1S/C21H29ClN2O2/c1-15-18(22)4-2-5-19(15)23-12-3-10-21(14-23)11-13-24(20(21)26)16-6-8-17(25)9-7-16/h2,4-5,16-17,25H,3,6-14H2,1H3/t16?,17?,21-/m1/s1. The van der Waals surface area contributed by atoms with Crippen LogP contribution < -0.4 is 4.90 Å². The molecule has 1 amide bonds. The van der Waals surface area contributed by atoms with Crippen LogP contribution >= 0.6 is 11.6 Å². The summed E-state index contributed by atoms with van der Waals surface area (Å²) in [5.41, 5.74) is 2.04. The van der Waals surface area contributed by atoms with Crippen molar-refractivity contribution in [1.29, 1.82) is 0 Å². The zero-order chi connectivity index (χ0) is 18.3. The van der Waals surface area contributed by atoms with Crippen LogP contribution in [0.3, 0.4) is 0 Å². The molecule has 1 aromatic rings. The largest absolute Gasteiger partial charge is 0.393 e. The fourth-order valence-electron chi connectivity index (χ4n) is 5.22. The Morgan fingerprint density at radius 1 is 1.15 bits per heavy atom. The Labute approximate surface area is 161 Å². The number of amides is 1. The van der Waals surface area contributed by atoms with E-state index in [4.69, 9.17) is 11.6 Å². The first-order valence-electron chi connectivity index (χ1n) is 9.99. The lowest BCUT2D eigenvalue weighted by Crippen LogP contribution is -2.50. The van der Waals surface area contributed by atoms with Gasteiger partial charge >= 0.3 is 0 Å². The molecule has 3 fully saturated rings. The molecule has 1 N–H and O–H groups in total. The third kappa shape index (κ3) is 3.11. The average Bonchev–Trinajstić information content (AvgIpc) is 2.94. The smallest absolute Gasteiger partial charge is 0.230 e.